The van der Waals surface area contributed by atoms with Crippen LogP contribution in [0.4, 0.5) is 0 Å². The van der Waals surface area contributed by atoms with Gasteiger partial charge < -0.3 is 9.47 Å². The Bertz CT molecular complexity index is 517. The molecule has 0 unspecified atom stereocenters. The second-order valence-corrected chi connectivity index (χ2v) is 6.22. The van der Waals surface area contributed by atoms with E-state index in [-0.39, 0.29) is 12.0 Å². The number of rotatable bonds is 5. The molecule has 1 aromatic rings. The van der Waals surface area contributed by atoms with Crippen LogP contribution < -0.4 is 0 Å². The first-order valence-electron chi connectivity index (χ1n) is 7.53. The maximum atomic E-state index is 12.6. The third-order valence-corrected chi connectivity index (χ3v) is 4.02. The van der Waals surface area contributed by atoms with Crippen molar-refractivity contribution in [1.29, 1.82) is 0 Å². The minimum Gasteiger partial charge on any atom is -0.344 e. The van der Waals surface area contributed by atoms with E-state index in [1.807, 2.05) is 32.0 Å². The summed E-state index contributed by atoms with van der Waals surface area (Å²) in [5.74, 6) is -1.03. The molecule has 1 aliphatic rings. The van der Waals surface area contributed by atoms with E-state index in [9.17, 15) is 4.79 Å². The molecule has 1 fully saturated rings. The molecule has 0 spiro atoms. The topological polar surface area (TPSA) is 48.0 Å². The lowest BCUT2D eigenvalue weighted by Gasteiger charge is -2.30. The SMILES string of the molecule is CON(C)C(=O)[C@@]1(C)OC(C)(C)O[C@@H]1CCc1ccccc1. The molecular weight excluding hydrogens is 282 g/mol. The highest BCUT2D eigenvalue weighted by Gasteiger charge is 2.55. The molecule has 1 aromatic carbocycles. The van der Waals surface area contributed by atoms with Crippen LogP contribution in [0.5, 0.6) is 0 Å². The lowest BCUT2D eigenvalue weighted by atomic mass is 9.92. The maximum Gasteiger partial charge on any atom is 0.280 e. The molecule has 0 radical (unpaired) electrons. The van der Waals surface area contributed by atoms with E-state index in [4.69, 9.17) is 14.3 Å². The highest BCUT2D eigenvalue weighted by Crippen LogP contribution is 2.39. The van der Waals surface area contributed by atoms with Gasteiger partial charge in [0.15, 0.2) is 11.4 Å². The first-order valence-corrected chi connectivity index (χ1v) is 7.53. The van der Waals surface area contributed by atoms with E-state index in [0.717, 1.165) is 6.42 Å². The Hall–Kier alpha value is -1.43. The summed E-state index contributed by atoms with van der Waals surface area (Å²) in [6.07, 6.45) is 1.20. The predicted molar refractivity (Wildman–Crippen MR) is 83.0 cm³/mol. The summed E-state index contributed by atoms with van der Waals surface area (Å²) >= 11 is 0. The van der Waals surface area contributed by atoms with Gasteiger partial charge in [-0.05, 0) is 39.2 Å². The molecule has 5 heteroatoms. The first kappa shape index (κ1) is 16.9. The van der Waals surface area contributed by atoms with Gasteiger partial charge in [0, 0.05) is 7.05 Å². The Morgan fingerprint density at radius 2 is 1.91 bits per heavy atom. The number of amides is 1. The zero-order valence-corrected chi connectivity index (χ0v) is 14.0. The van der Waals surface area contributed by atoms with Gasteiger partial charge in [0.05, 0.1) is 13.2 Å². The number of likely N-dealkylation sites (N-methyl/N-ethyl adjacent to an activating group) is 1. The van der Waals surface area contributed by atoms with Crippen molar-refractivity contribution in [2.24, 2.45) is 0 Å². The number of carbonyl (C=O) groups is 1. The second-order valence-electron chi connectivity index (χ2n) is 6.22. The molecule has 22 heavy (non-hydrogen) atoms. The van der Waals surface area contributed by atoms with Gasteiger partial charge in [-0.25, -0.2) is 5.06 Å². The lowest BCUT2D eigenvalue weighted by molar-refractivity contribution is -0.202. The smallest absolute Gasteiger partial charge is 0.280 e. The number of aryl methyl sites for hydroxylation is 1. The van der Waals surface area contributed by atoms with Crippen molar-refractivity contribution < 1.29 is 19.1 Å². The fourth-order valence-electron chi connectivity index (χ4n) is 2.91. The van der Waals surface area contributed by atoms with E-state index in [2.05, 4.69) is 12.1 Å². The van der Waals surface area contributed by atoms with E-state index < -0.39 is 11.4 Å². The van der Waals surface area contributed by atoms with Gasteiger partial charge in [0.2, 0.25) is 0 Å². The van der Waals surface area contributed by atoms with Gasteiger partial charge in [-0.15, -0.1) is 0 Å². The van der Waals surface area contributed by atoms with Gasteiger partial charge in [0.25, 0.3) is 5.91 Å². The van der Waals surface area contributed by atoms with Crippen molar-refractivity contribution in [3.63, 3.8) is 0 Å². The Kier molecular flexibility index (Phi) is 4.90. The van der Waals surface area contributed by atoms with Crippen LogP contribution in [-0.2, 0) is 25.5 Å². The molecule has 1 amide bonds. The molecule has 1 aliphatic heterocycles. The largest absolute Gasteiger partial charge is 0.344 e. The minimum atomic E-state index is -1.05. The van der Waals surface area contributed by atoms with E-state index in [1.165, 1.54) is 17.7 Å². The Labute approximate surface area is 132 Å². The summed E-state index contributed by atoms with van der Waals surface area (Å²) in [5, 5.41) is 1.19. The molecule has 0 aliphatic carbocycles. The van der Waals surface area contributed by atoms with Crippen molar-refractivity contribution in [2.45, 2.75) is 51.1 Å². The Morgan fingerprint density at radius 3 is 2.50 bits per heavy atom. The van der Waals surface area contributed by atoms with Crippen LogP contribution in [0, 0.1) is 0 Å². The molecule has 0 aromatic heterocycles. The number of ether oxygens (including phenoxy) is 2. The maximum absolute atomic E-state index is 12.6. The van der Waals surface area contributed by atoms with Crippen LogP contribution in [0.3, 0.4) is 0 Å². The number of hydrogen-bond acceptors (Lipinski definition) is 4. The van der Waals surface area contributed by atoms with Crippen LogP contribution >= 0.6 is 0 Å². The first-order chi connectivity index (χ1) is 10.3. The van der Waals surface area contributed by atoms with Crippen LogP contribution in [-0.4, -0.2) is 42.6 Å². The molecule has 2 rings (SSSR count). The summed E-state index contributed by atoms with van der Waals surface area (Å²) in [4.78, 5) is 17.6. The Balaban J connectivity index is 2.14. The van der Waals surface area contributed by atoms with E-state index in [1.54, 1.807) is 14.0 Å². The number of hydroxylamine groups is 2. The van der Waals surface area contributed by atoms with Gasteiger partial charge in [0.1, 0.15) is 0 Å². The molecule has 0 bridgehead atoms. The third-order valence-electron chi connectivity index (χ3n) is 4.02. The van der Waals surface area contributed by atoms with Gasteiger partial charge in [-0.2, -0.15) is 0 Å². The summed E-state index contributed by atoms with van der Waals surface area (Å²) in [6, 6.07) is 10.1. The molecule has 0 N–H and O–H groups in total. The summed E-state index contributed by atoms with van der Waals surface area (Å²) in [6.45, 7) is 5.43. The van der Waals surface area contributed by atoms with E-state index >= 15 is 0 Å². The molecule has 2 atom stereocenters. The molecule has 1 heterocycles. The summed E-state index contributed by atoms with van der Waals surface area (Å²) in [7, 11) is 3.04. The van der Waals surface area contributed by atoms with Crippen molar-refractivity contribution in [3.05, 3.63) is 35.9 Å². The zero-order chi connectivity index (χ0) is 16.4. The zero-order valence-electron chi connectivity index (χ0n) is 14.0. The quantitative estimate of drug-likeness (QED) is 0.784. The molecule has 122 valence electrons. The fraction of sp³-hybridized carbons (Fsp3) is 0.588. The number of benzene rings is 1. The average Bonchev–Trinajstić information content (AvgIpc) is 2.74. The van der Waals surface area contributed by atoms with Gasteiger partial charge in [-0.1, -0.05) is 30.3 Å². The lowest BCUT2D eigenvalue weighted by Crippen LogP contribution is -2.51. The van der Waals surface area contributed by atoms with Gasteiger partial charge >= 0.3 is 0 Å². The highest BCUT2D eigenvalue weighted by atomic mass is 16.8. The van der Waals surface area contributed by atoms with Crippen molar-refractivity contribution in [3.8, 4) is 0 Å². The summed E-state index contributed by atoms with van der Waals surface area (Å²) < 4.78 is 11.9. The number of nitrogens with zero attached hydrogens (tertiary/aromatic N) is 1. The summed E-state index contributed by atoms with van der Waals surface area (Å²) in [5.41, 5.74) is 0.161. The van der Waals surface area contributed by atoms with Gasteiger partial charge in [-0.3, -0.25) is 9.63 Å². The van der Waals surface area contributed by atoms with Crippen molar-refractivity contribution in [2.75, 3.05) is 14.2 Å². The number of carbonyl (C=O) groups excluding carboxylic acids is 1. The predicted octanol–water partition coefficient (Wildman–Crippen LogP) is 2.55. The fourth-order valence-corrected chi connectivity index (χ4v) is 2.91. The average molecular weight is 307 g/mol. The van der Waals surface area contributed by atoms with Crippen LogP contribution in [0.25, 0.3) is 0 Å². The molecular formula is C17H25NO4. The van der Waals surface area contributed by atoms with Crippen molar-refractivity contribution in [1.82, 2.24) is 5.06 Å². The van der Waals surface area contributed by atoms with Crippen molar-refractivity contribution >= 4 is 5.91 Å². The monoisotopic (exact) mass is 307 g/mol. The minimum absolute atomic E-state index is 0.237. The molecule has 5 nitrogen and oxygen atoms in total. The van der Waals surface area contributed by atoms with Crippen LogP contribution in [0.1, 0.15) is 32.8 Å². The second kappa shape index (κ2) is 6.36. The normalized spacial score (nSPS) is 26.9. The molecule has 0 saturated carbocycles. The van der Waals surface area contributed by atoms with Crippen LogP contribution in [0.15, 0.2) is 30.3 Å². The third kappa shape index (κ3) is 3.48. The Morgan fingerprint density at radius 1 is 1.27 bits per heavy atom. The standard InChI is InChI=1S/C17H25NO4/c1-16(2)21-14(12-11-13-9-7-6-8-10-13)17(3,22-16)15(19)18(4)20-5/h6-10,14H,11-12H2,1-5H3/t14-,17+/m1/s1. The van der Waals surface area contributed by atoms with Crippen LogP contribution in [0.2, 0.25) is 0 Å². The highest BCUT2D eigenvalue weighted by molar-refractivity contribution is 5.85. The molecule has 1 saturated heterocycles. The van der Waals surface area contributed by atoms with E-state index in [0.29, 0.717) is 6.42 Å². The number of hydrogen-bond donors (Lipinski definition) is 0.